The van der Waals surface area contributed by atoms with Crippen LogP contribution in [0, 0.1) is 0 Å². The summed E-state index contributed by atoms with van der Waals surface area (Å²) in [5.41, 5.74) is 0.909. The van der Waals surface area contributed by atoms with Crippen LogP contribution in [-0.2, 0) is 9.53 Å². The zero-order chi connectivity index (χ0) is 15.1. The number of anilines is 1. The van der Waals surface area contributed by atoms with Gasteiger partial charge in [-0.15, -0.1) is 11.8 Å². The number of hydrogen-bond acceptors (Lipinski definition) is 6. The number of carbonyl (C=O) groups excluding carboxylic acids is 1. The average molecular weight is 305 g/mol. The molecule has 0 saturated heterocycles. The molecule has 112 valence electrons. The highest BCUT2D eigenvalue weighted by atomic mass is 32.2. The van der Waals surface area contributed by atoms with E-state index in [2.05, 4.69) is 26.9 Å². The largest absolute Gasteiger partial charge is 0.469 e. The highest BCUT2D eigenvalue weighted by molar-refractivity contribution is 7.99. The number of rotatable bonds is 7. The van der Waals surface area contributed by atoms with E-state index in [0.29, 0.717) is 18.1 Å². The Morgan fingerprint density at radius 2 is 2.14 bits per heavy atom. The van der Waals surface area contributed by atoms with Crippen LogP contribution in [0.4, 0.5) is 5.95 Å². The molecule has 0 saturated carbocycles. The van der Waals surface area contributed by atoms with Crippen molar-refractivity contribution in [2.45, 2.75) is 24.8 Å². The maximum atomic E-state index is 11.2. The van der Waals surface area contributed by atoms with Gasteiger partial charge in [0.2, 0.25) is 5.95 Å². The van der Waals surface area contributed by atoms with E-state index in [0.717, 1.165) is 28.9 Å². The quantitative estimate of drug-likeness (QED) is 0.482. The van der Waals surface area contributed by atoms with Crippen molar-refractivity contribution in [1.29, 1.82) is 0 Å². The van der Waals surface area contributed by atoms with Crippen molar-refractivity contribution in [2.75, 3.05) is 24.7 Å². The second-order valence-corrected chi connectivity index (χ2v) is 5.55. The van der Waals surface area contributed by atoms with Crippen molar-refractivity contribution in [3.05, 3.63) is 24.3 Å². The topological polar surface area (TPSA) is 64.1 Å². The summed E-state index contributed by atoms with van der Waals surface area (Å²) in [4.78, 5) is 20.2. The van der Waals surface area contributed by atoms with Gasteiger partial charge in [0.25, 0.3) is 0 Å². The normalized spacial score (nSPS) is 10.6. The molecule has 2 aromatic rings. The predicted molar refractivity (Wildman–Crippen MR) is 85.7 cm³/mol. The van der Waals surface area contributed by atoms with Crippen molar-refractivity contribution in [3.63, 3.8) is 0 Å². The molecule has 0 bridgehead atoms. The lowest BCUT2D eigenvalue weighted by molar-refractivity contribution is -0.140. The first-order chi connectivity index (χ1) is 10.2. The molecule has 0 spiro atoms. The highest BCUT2D eigenvalue weighted by Gasteiger charge is 2.09. The average Bonchev–Trinajstić information content (AvgIpc) is 2.52. The van der Waals surface area contributed by atoms with Crippen molar-refractivity contribution in [1.82, 2.24) is 9.97 Å². The SMILES string of the molecule is CCCNc1nc(SCCC(=O)OC)c2ccccc2n1. The van der Waals surface area contributed by atoms with Gasteiger partial charge in [-0.05, 0) is 12.5 Å². The standard InChI is InChI=1S/C15H19N3O2S/c1-3-9-16-15-17-12-7-5-4-6-11(12)14(18-15)21-10-8-13(19)20-2/h4-7H,3,8-10H2,1-2H3,(H,16,17,18). The fourth-order valence-corrected chi connectivity index (χ4v) is 2.75. The molecule has 0 amide bonds. The third-order valence-corrected chi connectivity index (χ3v) is 3.87. The minimum absolute atomic E-state index is 0.204. The number of ether oxygens (including phenoxy) is 1. The van der Waals surface area contributed by atoms with Crippen molar-refractivity contribution >= 4 is 34.6 Å². The van der Waals surface area contributed by atoms with Crippen LogP contribution in [0.3, 0.4) is 0 Å². The number of nitrogens with one attached hydrogen (secondary N) is 1. The fourth-order valence-electron chi connectivity index (χ4n) is 1.81. The molecular weight excluding hydrogens is 286 g/mol. The van der Waals surface area contributed by atoms with E-state index in [1.807, 2.05) is 24.3 Å². The molecule has 0 radical (unpaired) electrons. The minimum Gasteiger partial charge on any atom is -0.469 e. The second kappa shape index (κ2) is 7.83. The Hall–Kier alpha value is -1.82. The molecule has 0 aliphatic rings. The number of para-hydroxylation sites is 1. The zero-order valence-corrected chi connectivity index (χ0v) is 13.1. The number of aromatic nitrogens is 2. The van der Waals surface area contributed by atoms with Gasteiger partial charge in [0.1, 0.15) is 5.03 Å². The van der Waals surface area contributed by atoms with E-state index in [-0.39, 0.29) is 5.97 Å². The number of carbonyl (C=O) groups is 1. The number of esters is 1. The lowest BCUT2D eigenvalue weighted by Gasteiger charge is -2.09. The van der Waals surface area contributed by atoms with E-state index in [4.69, 9.17) is 0 Å². The fraction of sp³-hybridized carbons (Fsp3) is 0.400. The summed E-state index contributed by atoms with van der Waals surface area (Å²) in [5, 5.41) is 5.11. The summed E-state index contributed by atoms with van der Waals surface area (Å²) < 4.78 is 4.66. The van der Waals surface area contributed by atoms with Crippen molar-refractivity contribution in [3.8, 4) is 0 Å². The molecule has 1 aromatic heterocycles. The van der Waals surface area contributed by atoms with Gasteiger partial charge < -0.3 is 10.1 Å². The van der Waals surface area contributed by atoms with Gasteiger partial charge in [-0.3, -0.25) is 4.79 Å². The molecule has 0 aliphatic carbocycles. The first kappa shape index (κ1) is 15.6. The molecule has 2 rings (SSSR count). The molecule has 6 heteroatoms. The highest BCUT2D eigenvalue weighted by Crippen LogP contribution is 2.26. The van der Waals surface area contributed by atoms with E-state index < -0.39 is 0 Å². The number of thioether (sulfide) groups is 1. The molecule has 5 nitrogen and oxygen atoms in total. The van der Waals surface area contributed by atoms with Gasteiger partial charge in [0.05, 0.1) is 19.0 Å². The van der Waals surface area contributed by atoms with Crippen LogP contribution in [0.5, 0.6) is 0 Å². The van der Waals surface area contributed by atoms with Crippen molar-refractivity contribution < 1.29 is 9.53 Å². The Morgan fingerprint density at radius 3 is 2.90 bits per heavy atom. The van der Waals surface area contributed by atoms with Crippen LogP contribution in [0.15, 0.2) is 29.3 Å². The lowest BCUT2D eigenvalue weighted by atomic mass is 10.2. The van der Waals surface area contributed by atoms with E-state index >= 15 is 0 Å². The Morgan fingerprint density at radius 1 is 1.33 bits per heavy atom. The maximum Gasteiger partial charge on any atom is 0.306 e. The second-order valence-electron chi connectivity index (χ2n) is 4.47. The van der Waals surface area contributed by atoms with Gasteiger partial charge in [-0.2, -0.15) is 0 Å². The van der Waals surface area contributed by atoms with E-state index in [9.17, 15) is 4.79 Å². The summed E-state index contributed by atoms with van der Waals surface area (Å²) in [6.45, 7) is 2.94. The van der Waals surface area contributed by atoms with Gasteiger partial charge in [-0.25, -0.2) is 9.97 Å². The van der Waals surface area contributed by atoms with Gasteiger partial charge in [0, 0.05) is 17.7 Å². The van der Waals surface area contributed by atoms with Crippen LogP contribution in [0.1, 0.15) is 19.8 Å². The first-order valence-corrected chi connectivity index (χ1v) is 7.93. The van der Waals surface area contributed by atoms with Crippen LogP contribution < -0.4 is 5.32 Å². The summed E-state index contributed by atoms with van der Waals surface area (Å²) in [6.07, 6.45) is 1.39. The summed E-state index contributed by atoms with van der Waals surface area (Å²) in [7, 11) is 1.40. The molecule has 1 heterocycles. The maximum absolute atomic E-state index is 11.2. The molecule has 1 N–H and O–H groups in total. The minimum atomic E-state index is -0.204. The number of nitrogens with zero attached hydrogens (tertiary/aromatic N) is 2. The first-order valence-electron chi connectivity index (χ1n) is 6.95. The smallest absolute Gasteiger partial charge is 0.306 e. The Kier molecular flexibility index (Phi) is 5.80. The molecule has 1 aromatic carbocycles. The summed E-state index contributed by atoms with van der Waals surface area (Å²) in [5.74, 6) is 1.07. The van der Waals surface area contributed by atoms with Crippen LogP contribution >= 0.6 is 11.8 Å². The van der Waals surface area contributed by atoms with Gasteiger partial charge >= 0.3 is 5.97 Å². The Balaban J connectivity index is 2.20. The lowest BCUT2D eigenvalue weighted by Crippen LogP contribution is -2.06. The van der Waals surface area contributed by atoms with Crippen LogP contribution in [0.25, 0.3) is 10.9 Å². The van der Waals surface area contributed by atoms with Gasteiger partial charge in [0.15, 0.2) is 0 Å². The molecule has 0 atom stereocenters. The van der Waals surface area contributed by atoms with Crippen LogP contribution in [-0.4, -0.2) is 35.3 Å². The molecule has 21 heavy (non-hydrogen) atoms. The summed E-state index contributed by atoms with van der Waals surface area (Å²) >= 11 is 1.55. The number of hydrogen-bond donors (Lipinski definition) is 1. The number of methoxy groups -OCH3 is 1. The predicted octanol–water partition coefficient (Wildman–Crippen LogP) is 3.11. The third kappa shape index (κ3) is 4.32. The third-order valence-electron chi connectivity index (χ3n) is 2.87. The zero-order valence-electron chi connectivity index (χ0n) is 12.3. The van der Waals surface area contributed by atoms with Gasteiger partial charge in [-0.1, -0.05) is 25.1 Å². The molecule has 0 aliphatic heterocycles. The molecule has 0 unspecified atom stereocenters. The van der Waals surface area contributed by atoms with Crippen LogP contribution in [0.2, 0.25) is 0 Å². The molecule has 0 fully saturated rings. The number of fused-ring (bicyclic) bond motifs is 1. The Labute approximate surface area is 128 Å². The Bertz CT molecular complexity index is 619. The monoisotopic (exact) mass is 305 g/mol. The van der Waals surface area contributed by atoms with E-state index in [1.54, 1.807) is 11.8 Å². The summed E-state index contributed by atoms with van der Waals surface area (Å²) in [6, 6.07) is 7.90. The molecular formula is C15H19N3O2S. The number of benzene rings is 1. The van der Waals surface area contributed by atoms with Crippen molar-refractivity contribution in [2.24, 2.45) is 0 Å². The van der Waals surface area contributed by atoms with E-state index in [1.165, 1.54) is 7.11 Å².